The van der Waals surface area contributed by atoms with Gasteiger partial charge in [-0.2, -0.15) is 5.10 Å². The largest absolute Gasteiger partial charge is 0.481 e. The van der Waals surface area contributed by atoms with Gasteiger partial charge in [-0.05, 0) is 12.5 Å². The molecule has 0 aliphatic rings. The van der Waals surface area contributed by atoms with Gasteiger partial charge in [0.1, 0.15) is 0 Å². The predicted octanol–water partition coefficient (Wildman–Crippen LogP) is 2.09. The molecule has 0 spiro atoms. The molecule has 1 heterocycles. The van der Waals surface area contributed by atoms with E-state index >= 15 is 0 Å². The number of nitrogens with zero attached hydrogens (tertiary/aromatic N) is 3. The summed E-state index contributed by atoms with van der Waals surface area (Å²) in [5.41, 5.74) is 2.22. The minimum atomic E-state index is -0.918. The number of hydrogen-bond donors (Lipinski definition) is 1. The van der Waals surface area contributed by atoms with Gasteiger partial charge in [0.25, 0.3) is 5.91 Å². The zero-order valence-corrected chi connectivity index (χ0v) is 13.6. The molecule has 0 aliphatic heterocycles. The highest BCUT2D eigenvalue weighted by Gasteiger charge is 2.24. The molecule has 6 heteroatoms. The van der Waals surface area contributed by atoms with Crippen molar-refractivity contribution in [3.05, 3.63) is 53.3 Å². The van der Waals surface area contributed by atoms with Crippen LogP contribution in [0.25, 0.3) is 0 Å². The number of aryl methyl sites for hydroxylation is 1. The molecule has 0 fully saturated rings. The fraction of sp³-hybridized carbons (Fsp3) is 0.353. The van der Waals surface area contributed by atoms with Crippen molar-refractivity contribution in [1.82, 2.24) is 14.7 Å². The van der Waals surface area contributed by atoms with Crippen LogP contribution in [0.3, 0.4) is 0 Å². The maximum absolute atomic E-state index is 12.8. The number of carboxylic acids is 1. The van der Waals surface area contributed by atoms with Crippen molar-refractivity contribution in [1.29, 1.82) is 0 Å². The Labute approximate surface area is 135 Å². The first-order valence-electron chi connectivity index (χ1n) is 7.44. The first-order chi connectivity index (χ1) is 10.9. The van der Waals surface area contributed by atoms with Gasteiger partial charge < -0.3 is 10.0 Å². The van der Waals surface area contributed by atoms with Gasteiger partial charge in [0.2, 0.25) is 0 Å². The second kappa shape index (κ2) is 7.09. The molecule has 0 radical (unpaired) electrons. The highest BCUT2D eigenvalue weighted by atomic mass is 16.4. The van der Waals surface area contributed by atoms with Crippen LogP contribution in [0, 0.1) is 12.8 Å². The van der Waals surface area contributed by atoms with Gasteiger partial charge in [0, 0.05) is 25.8 Å². The molecule has 0 saturated heterocycles. The van der Waals surface area contributed by atoms with E-state index in [-0.39, 0.29) is 12.5 Å². The van der Waals surface area contributed by atoms with Gasteiger partial charge >= 0.3 is 5.97 Å². The number of aromatic nitrogens is 2. The highest BCUT2D eigenvalue weighted by molar-refractivity contribution is 5.95. The molecule has 1 amide bonds. The summed E-state index contributed by atoms with van der Waals surface area (Å²) in [6.45, 7) is 3.94. The second-order valence-electron chi connectivity index (χ2n) is 5.68. The molecule has 122 valence electrons. The molecule has 1 aromatic heterocycles. The summed E-state index contributed by atoms with van der Waals surface area (Å²) in [6.07, 6.45) is 1.53. The number of amides is 1. The Morgan fingerprint density at radius 3 is 2.48 bits per heavy atom. The Balaban J connectivity index is 2.26. The highest BCUT2D eigenvalue weighted by Crippen LogP contribution is 2.15. The fourth-order valence-corrected chi connectivity index (χ4v) is 2.31. The van der Waals surface area contributed by atoms with Gasteiger partial charge in [-0.1, -0.05) is 37.3 Å². The standard InChI is InChI=1S/C17H21N3O3/c1-12(17(22)23)10-20(11-14-7-5-4-6-8-14)16(21)15-9-18-19(3)13(15)2/h4-9,12H,10-11H2,1-3H3,(H,22,23)/t12-/m1/s1. The van der Waals surface area contributed by atoms with Crippen molar-refractivity contribution in [2.45, 2.75) is 20.4 Å². The molecule has 0 saturated carbocycles. The van der Waals surface area contributed by atoms with Crippen LogP contribution in [0.2, 0.25) is 0 Å². The van der Waals surface area contributed by atoms with Crippen LogP contribution in [0.5, 0.6) is 0 Å². The van der Waals surface area contributed by atoms with Crippen LogP contribution < -0.4 is 0 Å². The summed E-state index contributed by atoms with van der Waals surface area (Å²) < 4.78 is 1.63. The van der Waals surface area contributed by atoms with E-state index in [4.69, 9.17) is 5.11 Å². The van der Waals surface area contributed by atoms with E-state index in [1.807, 2.05) is 37.3 Å². The Kier molecular flexibility index (Phi) is 5.16. The lowest BCUT2D eigenvalue weighted by atomic mass is 10.1. The van der Waals surface area contributed by atoms with Crippen LogP contribution in [-0.2, 0) is 18.4 Å². The summed E-state index contributed by atoms with van der Waals surface area (Å²) in [7, 11) is 1.77. The quantitative estimate of drug-likeness (QED) is 0.885. The third-order valence-electron chi connectivity index (χ3n) is 3.88. The Bertz CT molecular complexity index is 694. The molecular weight excluding hydrogens is 294 g/mol. The lowest BCUT2D eigenvalue weighted by molar-refractivity contribution is -0.141. The Morgan fingerprint density at radius 2 is 1.96 bits per heavy atom. The van der Waals surface area contributed by atoms with E-state index in [0.717, 1.165) is 11.3 Å². The van der Waals surface area contributed by atoms with E-state index < -0.39 is 11.9 Å². The van der Waals surface area contributed by atoms with Crippen LogP contribution in [0.1, 0.15) is 28.5 Å². The first kappa shape index (κ1) is 16.7. The van der Waals surface area contributed by atoms with Gasteiger partial charge in [-0.3, -0.25) is 14.3 Å². The summed E-state index contributed by atoms with van der Waals surface area (Å²) in [5, 5.41) is 13.2. The van der Waals surface area contributed by atoms with E-state index in [1.54, 1.807) is 23.6 Å². The monoisotopic (exact) mass is 315 g/mol. The Hall–Kier alpha value is -2.63. The number of rotatable bonds is 6. The third kappa shape index (κ3) is 3.97. The van der Waals surface area contributed by atoms with Crippen molar-refractivity contribution in [3.8, 4) is 0 Å². The first-order valence-corrected chi connectivity index (χ1v) is 7.44. The lowest BCUT2D eigenvalue weighted by Gasteiger charge is -2.24. The molecule has 6 nitrogen and oxygen atoms in total. The maximum Gasteiger partial charge on any atom is 0.308 e. The molecule has 23 heavy (non-hydrogen) atoms. The van der Waals surface area contributed by atoms with Crippen molar-refractivity contribution in [2.24, 2.45) is 13.0 Å². The molecule has 1 N–H and O–H groups in total. The summed E-state index contributed by atoms with van der Waals surface area (Å²) in [6, 6.07) is 9.53. The number of benzene rings is 1. The van der Waals surface area contributed by atoms with E-state index in [0.29, 0.717) is 12.1 Å². The van der Waals surface area contributed by atoms with Crippen LogP contribution in [-0.4, -0.2) is 38.2 Å². The number of aliphatic carboxylic acids is 1. The van der Waals surface area contributed by atoms with Crippen LogP contribution >= 0.6 is 0 Å². The van der Waals surface area contributed by atoms with Gasteiger partial charge in [0.15, 0.2) is 0 Å². The smallest absolute Gasteiger partial charge is 0.308 e. The number of hydrogen-bond acceptors (Lipinski definition) is 3. The number of carbonyl (C=O) groups excluding carboxylic acids is 1. The fourth-order valence-electron chi connectivity index (χ4n) is 2.31. The van der Waals surface area contributed by atoms with Crippen molar-refractivity contribution >= 4 is 11.9 Å². The predicted molar refractivity (Wildman–Crippen MR) is 85.9 cm³/mol. The van der Waals surface area contributed by atoms with Gasteiger partial charge in [-0.25, -0.2) is 0 Å². The summed E-state index contributed by atoms with van der Waals surface area (Å²) in [5.74, 6) is -1.76. The lowest BCUT2D eigenvalue weighted by Crippen LogP contribution is -2.36. The molecule has 1 atom stereocenters. The van der Waals surface area contributed by atoms with Gasteiger partial charge in [-0.15, -0.1) is 0 Å². The molecular formula is C17H21N3O3. The zero-order valence-electron chi connectivity index (χ0n) is 13.6. The van der Waals surface area contributed by atoms with Gasteiger partial charge in [0.05, 0.1) is 17.7 Å². The maximum atomic E-state index is 12.8. The third-order valence-corrected chi connectivity index (χ3v) is 3.88. The molecule has 2 aromatic rings. The molecule has 0 unspecified atom stereocenters. The number of carbonyl (C=O) groups is 2. The van der Waals surface area contributed by atoms with Crippen molar-refractivity contribution < 1.29 is 14.7 Å². The molecule has 0 bridgehead atoms. The van der Waals surface area contributed by atoms with Crippen LogP contribution in [0.4, 0.5) is 0 Å². The van der Waals surface area contributed by atoms with E-state index in [2.05, 4.69) is 5.10 Å². The average Bonchev–Trinajstić information content (AvgIpc) is 2.86. The minimum absolute atomic E-state index is 0.150. The van der Waals surface area contributed by atoms with E-state index in [1.165, 1.54) is 6.20 Å². The average molecular weight is 315 g/mol. The summed E-state index contributed by atoms with van der Waals surface area (Å²) >= 11 is 0. The molecule has 0 aliphatic carbocycles. The zero-order chi connectivity index (χ0) is 17.0. The van der Waals surface area contributed by atoms with Crippen molar-refractivity contribution in [2.75, 3.05) is 6.54 Å². The number of carboxylic acid groups (broad SMARTS) is 1. The Morgan fingerprint density at radius 1 is 1.30 bits per heavy atom. The SMILES string of the molecule is Cc1c(C(=O)N(Cc2ccccc2)C[C@@H](C)C(=O)O)cnn1C. The summed E-state index contributed by atoms with van der Waals surface area (Å²) in [4.78, 5) is 25.6. The normalized spacial score (nSPS) is 12.0. The van der Waals surface area contributed by atoms with Crippen molar-refractivity contribution in [3.63, 3.8) is 0 Å². The minimum Gasteiger partial charge on any atom is -0.481 e. The molecule has 2 rings (SSSR count). The second-order valence-corrected chi connectivity index (χ2v) is 5.68. The molecule has 1 aromatic carbocycles. The topological polar surface area (TPSA) is 75.4 Å². The van der Waals surface area contributed by atoms with Crippen LogP contribution in [0.15, 0.2) is 36.5 Å². The van der Waals surface area contributed by atoms with E-state index in [9.17, 15) is 9.59 Å².